The highest BCUT2D eigenvalue weighted by Crippen LogP contribution is 2.35. The molecule has 1 atom stereocenters. The zero-order chi connectivity index (χ0) is 34.1. The quantitative estimate of drug-likeness (QED) is 0.226. The van der Waals surface area contributed by atoms with Crippen LogP contribution < -0.4 is 21.3 Å². The van der Waals surface area contributed by atoms with Crippen molar-refractivity contribution in [1.82, 2.24) is 29.4 Å². The number of nitrogens with zero attached hydrogens (tertiary/aromatic N) is 5. The smallest absolute Gasteiger partial charge is 0.333 e. The molecule has 0 saturated carbocycles. The van der Waals surface area contributed by atoms with E-state index in [1.807, 2.05) is 0 Å². The largest absolute Gasteiger partial charge is 0.496 e. The summed E-state index contributed by atoms with van der Waals surface area (Å²) < 4.78 is 33.7. The van der Waals surface area contributed by atoms with Gasteiger partial charge in [-0.05, 0) is 66.7 Å². The molecule has 0 aliphatic carbocycles. The van der Waals surface area contributed by atoms with Crippen LogP contribution in [0.4, 0.5) is 4.39 Å². The van der Waals surface area contributed by atoms with Crippen LogP contribution in [0, 0.1) is 18.2 Å². The fourth-order valence-corrected chi connectivity index (χ4v) is 6.27. The van der Waals surface area contributed by atoms with E-state index >= 15 is 0 Å². The molecular weight excluding hydrogens is 619 g/mol. The fraction of sp³-hybridized carbons (Fsp3) is 0.484. The van der Waals surface area contributed by atoms with Crippen molar-refractivity contribution in [3.8, 4) is 10.8 Å². The highest BCUT2D eigenvalue weighted by atomic mass is 32.1. The first-order valence-corrected chi connectivity index (χ1v) is 15.4. The van der Waals surface area contributed by atoms with Gasteiger partial charge in [0.25, 0.3) is 5.56 Å². The molecule has 0 radical (unpaired) electrons. The van der Waals surface area contributed by atoms with E-state index in [4.69, 9.17) is 14.2 Å². The molecule has 1 aromatic carbocycles. The van der Waals surface area contributed by atoms with Gasteiger partial charge in [0.2, 0.25) is 5.91 Å². The minimum atomic E-state index is -1.62. The number of aromatic nitrogens is 5. The highest BCUT2D eigenvalue weighted by Gasteiger charge is 2.37. The van der Waals surface area contributed by atoms with Crippen LogP contribution >= 0.6 is 11.3 Å². The van der Waals surface area contributed by atoms with Gasteiger partial charge in [-0.1, -0.05) is 11.3 Å². The van der Waals surface area contributed by atoms with Crippen molar-refractivity contribution in [3.05, 3.63) is 68.4 Å². The molecule has 0 unspecified atom stereocenters. The Balaban J connectivity index is 2.02. The third-order valence-corrected chi connectivity index (χ3v) is 8.87. The summed E-state index contributed by atoms with van der Waals surface area (Å²) in [6.45, 7) is 11.1. The van der Waals surface area contributed by atoms with E-state index < -0.39 is 46.0 Å². The number of aryl methyl sites for hydroxylation is 1. The molecule has 0 aliphatic rings. The summed E-state index contributed by atoms with van der Waals surface area (Å²) in [6.07, 6.45) is 1.90. The summed E-state index contributed by atoms with van der Waals surface area (Å²) in [6, 6.07) is 3.63. The Hall–Kier alpha value is -4.37. The van der Waals surface area contributed by atoms with E-state index in [1.165, 1.54) is 68.0 Å². The van der Waals surface area contributed by atoms with E-state index in [1.54, 1.807) is 34.6 Å². The molecule has 15 heteroatoms. The third-order valence-electron chi connectivity index (χ3n) is 7.59. The van der Waals surface area contributed by atoms with Crippen molar-refractivity contribution in [2.45, 2.75) is 72.7 Å². The van der Waals surface area contributed by atoms with Crippen molar-refractivity contribution in [3.63, 3.8) is 0 Å². The molecule has 13 nitrogen and oxygen atoms in total. The number of fused-ring (bicyclic) bond motifs is 1. The topological polar surface area (TPSA) is 149 Å². The average molecular weight is 659 g/mol. The molecule has 0 spiro atoms. The van der Waals surface area contributed by atoms with E-state index in [0.717, 1.165) is 15.9 Å². The minimum absolute atomic E-state index is 0.171. The molecule has 1 N–H and O–H groups in total. The maximum absolute atomic E-state index is 14.7. The maximum Gasteiger partial charge on any atom is 0.333 e. The first-order chi connectivity index (χ1) is 21.5. The molecule has 0 fully saturated rings. The zero-order valence-electron chi connectivity index (χ0n) is 27.3. The Bertz CT molecular complexity index is 1870. The number of esters is 1. The van der Waals surface area contributed by atoms with Crippen LogP contribution in [0.25, 0.3) is 15.2 Å². The predicted octanol–water partition coefficient (Wildman–Crippen LogP) is 3.48. The van der Waals surface area contributed by atoms with Crippen molar-refractivity contribution >= 4 is 33.4 Å². The monoisotopic (exact) mass is 658 g/mol. The zero-order valence-corrected chi connectivity index (χ0v) is 28.2. The molecule has 248 valence electrons. The van der Waals surface area contributed by atoms with Crippen LogP contribution in [0.2, 0.25) is 0 Å². The van der Waals surface area contributed by atoms with E-state index in [0.29, 0.717) is 10.6 Å². The molecule has 0 saturated heterocycles. The number of ether oxygens (including phenoxy) is 3. The number of methoxy groups -OCH3 is 2. The third kappa shape index (κ3) is 6.47. The second-order valence-corrected chi connectivity index (χ2v) is 13.3. The molecule has 4 aromatic rings. The first kappa shape index (κ1) is 34.5. The fourth-order valence-electron chi connectivity index (χ4n) is 5.05. The SMILES string of the molecule is COC(=O)C(C)(C)CO[C@@H](Cn1c(=O)n(C(C)(C)C(=O)NC(C)C)c(=O)c2c(C)c(-n3nccn3)sc21)c1cc(F)ccc1OC. The number of carbonyl (C=O) groups excluding carboxylic acids is 2. The second kappa shape index (κ2) is 13.2. The Labute approximate surface area is 268 Å². The molecule has 3 heterocycles. The van der Waals surface area contributed by atoms with Gasteiger partial charge in [0.05, 0.1) is 50.6 Å². The lowest BCUT2D eigenvalue weighted by Gasteiger charge is -2.29. The minimum Gasteiger partial charge on any atom is -0.496 e. The number of nitrogens with one attached hydrogen (secondary N) is 1. The Morgan fingerprint density at radius 2 is 1.74 bits per heavy atom. The van der Waals surface area contributed by atoms with Crippen molar-refractivity contribution in [1.29, 1.82) is 0 Å². The van der Waals surface area contributed by atoms with E-state index in [2.05, 4.69) is 15.5 Å². The molecule has 3 aromatic heterocycles. The number of halogens is 1. The normalized spacial score (nSPS) is 12.8. The van der Waals surface area contributed by atoms with Gasteiger partial charge in [-0.2, -0.15) is 10.2 Å². The Kier molecular flexibility index (Phi) is 9.87. The van der Waals surface area contributed by atoms with Gasteiger partial charge in [0.1, 0.15) is 33.0 Å². The molecule has 1 amide bonds. The summed E-state index contributed by atoms with van der Waals surface area (Å²) in [7, 11) is 2.68. The van der Waals surface area contributed by atoms with Crippen LogP contribution in [0.15, 0.2) is 40.2 Å². The predicted molar refractivity (Wildman–Crippen MR) is 170 cm³/mol. The number of amides is 1. The lowest BCUT2D eigenvalue weighted by Crippen LogP contribution is -2.56. The maximum atomic E-state index is 14.7. The summed E-state index contributed by atoms with van der Waals surface area (Å²) in [5, 5.41) is 11.9. The summed E-state index contributed by atoms with van der Waals surface area (Å²) >= 11 is 1.11. The van der Waals surface area contributed by atoms with Gasteiger partial charge in [-0.25, -0.2) is 13.8 Å². The van der Waals surface area contributed by atoms with Crippen molar-refractivity contribution in [2.24, 2.45) is 5.41 Å². The van der Waals surface area contributed by atoms with E-state index in [-0.39, 0.29) is 40.7 Å². The van der Waals surface area contributed by atoms with Crippen LogP contribution in [0.3, 0.4) is 0 Å². The lowest BCUT2D eigenvalue weighted by molar-refractivity contribution is -0.155. The Morgan fingerprint density at radius 3 is 2.33 bits per heavy atom. The van der Waals surface area contributed by atoms with Crippen molar-refractivity contribution in [2.75, 3.05) is 20.8 Å². The summed E-state index contributed by atoms with van der Waals surface area (Å²) in [5.74, 6) is -1.37. The van der Waals surface area contributed by atoms with Gasteiger partial charge in [-0.15, -0.1) is 4.80 Å². The molecule has 4 rings (SSSR count). The van der Waals surface area contributed by atoms with Crippen LogP contribution in [-0.4, -0.2) is 62.9 Å². The second-order valence-electron chi connectivity index (χ2n) is 12.3. The molecule has 0 aliphatic heterocycles. The van der Waals surface area contributed by atoms with Crippen LogP contribution in [0.1, 0.15) is 58.8 Å². The summed E-state index contributed by atoms with van der Waals surface area (Å²) in [5.41, 5.74) is -3.43. The molecular formula is C31H39FN6O7S. The number of hydrogen-bond donors (Lipinski definition) is 1. The molecule has 0 bridgehead atoms. The number of carbonyl (C=O) groups is 2. The number of hydrogen-bond acceptors (Lipinski definition) is 10. The van der Waals surface area contributed by atoms with Crippen LogP contribution in [-0.2, 0) is 31.1 Å². The Morgan fingerprint density at radius 1 is 1.09 bits per heavy atom. The molecule has 46 heavy (non-hydrogen) atoms. The van der Waals surface area contributed by atoms with Gasteiger partial charge < -0.3 is 19.5 Å². The number of rotatable bonds is 12. The summed E-state index contributed by atoms with van der Waals surface area (Å²) in [4.78, 5) is 56.2. The van der Waals surface area contributed by atoms with Crippen molar-refractivity contribution < 1.29 is 28.2 Å². The van der Waals surface area contributed by atoms with Crippen LogP contribution in [0.5, 0.6) is 5.75 Å². The van der Waals surface area contributed by atoms with Gasteiger partial charge >= 0.3 is 11.7 Å². The van der Waals surface area contributed by atoms with Gasteiger partial charge in [0, 0.05) is 17.2 Å². The first-order valence-electron chi connectivity index (χ1n) is 14.6. The lowest BCUT2D eigenvalue weighted by atomic mass is 9.95. The average Bonchev–Trinajstić information content (AvgIpc) is 3.64. The standard InChI is InChI=1S/C31H39FN6O7S/c1-17(2)35-27(40)31(6,7)37-24(39)23-18(3)25(38-33-12-13-34-38)46-26(23)36(29(37)42)15-22(45-16-30(4,5)28(41)44-9)20-14-19(32)10-11-21(20)43-8/h10-14,17,22H,15-16H2,1-9H3,(H,35,40)/t22-/m0/s1. The van der Waals surface area contributed by atoms with Gasteiger partial charge in [0.15, 0.2) is 0 Å². The number of benzene rings is 1. The van der Waals surface area contributed by atoms with E-state index in [9.17, 15) is 23.6 Å². The highest BCUT2D eigenvalue weighted by molar-refractivity contribution is 7.21. The van der Waals surface area contributed by atoms with Gasteiger partial charge in [-0.3, -0.25) is 19.0 Å². The number of thiophene rings is 1.